The molecule has 0 radical (unpaired) electrons. The first kappa shape index (κ1) is 9.01. The quantitative estimate of drug-likeness (QED) is 0.535. The predicted molar refractivity (Wildman–Crippen MR) is 47.1 cm³/mol. The van der Waals surface area contributed by atoms with Crippen molar-refractivity contribution in [3.8, 4) is 6.07 Å². The highest BCUT2D eigenvalue weighted by atomic mass is 35.5. The van der Waals surface area contributed by atoms with E-state index in [1.54, 1.807) is 24.3 Å². The van der Waals surface area contributed by atoms with Crippen LogP contribution in [0.4, 0.5) is 0 Å². The van der Waals surface area contributed by atoms with Crippen molar-refractivity contribution in [1.82, 2.24) is 5.43 Å². The average molecular weight is 182 g/mol. The lowest BCUT2D eigenvalue weighted by Crippen LogP contribution is -2.26. The third-order valence-electron chi connectivity index (χ3n) is 1.50. The van der Waals surface area contributed by atoms with Crippen LogP contribution in [0.5, 0.6) is 0 Å². The number of nitriles is 1. The predicted octanol–water partition coefficient (Wildman–Crippen LogP) is 1.37. The van der Waals surface area contributed by atoms with Crippen LogP contribution >= 0.6 is 11.6 Å². The Labute approximate surface area is 75.7 Å². The Bertz CT molecular complexity index is 288. The van der Waals surface area contributed by atoms with Gasteiger partial charge in [-0.15, -0.1) is 0 Å². The Hall–Kier alpha value is -1.08. The molecule has 0 amide bonds. The Morgan fingerprint density at radius 1 is 1.42 bits per heavy atom. The molecule has 0 aliphatic rings. The second-order valence-electron chi connectivity index (χ2n) is 2.28. The van der Waals surface area contributed by atoms with Gasteiger partial charge in [-0.1, -0.05) is 23.7 Å². The van der Waals surface area contributed by atoms with Crippen molar-refractivity contribution in [3.63, 3.8) is 0 Å². The topological polar surface area (TPSA) is 61.8 Å². The number of nitrogens with one attached hydrogen (secondary N) is 1. The van der Waals surface area contributed by atoms with Gasteiger partial charge in [0.1, 0.15) is 6.04 Å². The molecule has 0 aliphatic heterocycles. The maximum Gasteiger partial charge on any atom is 0.133 e. The molecule has 1 rings (SSSR count). The van der Waals surface area contributed by atoms with Gasteiger partial charge in [0, 0.05) is 5.02 Å². The molecule has 0 saturated heterocycles. The lowest BCUT2D eigenvalue weighted by atomic mass is 10.1. The maximum absolute atomic E-state index is 8.62. The Morgan fingerprint density at radius 2 is 2.00 bits per heavy atom. The molecule has 1 aromatic carbocycles. The highest BCUT2D eigenvalue weighted by Crippen LogP contribution is 2.14. The van der Waals surface area contributed by atoms with Crippen LogP contribution in [0.1, 0.15) is 11.6 Å². The molecule has 62 valence electrons. The van der Waals surface area contributed by atoms with Gasteiger partial charge >= 0.3 is 0 Å². The van der Waals surface area contributed by atoms with Crippen LogP contribution in [-0.2, 0) is 0 Å². The summed E-state index contributed by atoms with van der Waals surface area (Å²) in [5.74, 6) is 5.15. The minimum absolute atomic E-state index is 0.470. The second kappa shape index (κ2) is 4.07. The minimum atomic E-state index is -0.470. The van der Waals surface area contributed by atoms with E-state index >= 15 is 0 Å². The fourth-order valence-corrected chi connectivity index (χ4v) is 0.989. The van der Waals surface area contributed by atoms with Crippen molar-refractivity contribution in [2.75, 3.05) is 0 Å². The standard InChI is InChI=1S/C8H8ClN3/c9-7-3-1-6(2-4-7)8(5-10)12-11/h1-4,8,12H,11H2. The van der Waals surface area contributed by atoms with Gasteiger partial charge in [0.15, 0.2) is 0 Å². The maximum atomic E-state index is 8.62. The van der Waals surface area contributed by atoms with Gasteiger partial charge < -0.3 is 0 Å². The Balaban J connectivity index is 2.89. The molecule has 12 heavy (non-hydrogen) atoms. The molecule has 1 atom stereocenters. The van der Waals surface area contributed by atoms with E-state index in [1.807, 2.05) is 6.07 Å². The Morgan fingerprint density at radius 3 is 2.42 bits per heavy atom. The highest BCUT2D eigenvalue weighted by molar-refractivity contribution is 6.30. The number of nitrogens with zero attached hydrogens (tertiary/aromatic N) is 1. The molecule has 1 aromatic rings. The molecule has 0 spiro atoms. The van der Waals surface area contributed by atoms with Crippen LogP contribution in [0.25, 0.3) is 0 Å². The van der Waals surface area contributed by atoms with Gasteiger partial charge in [-0.05, 0) is 17.7 Å². The molecule has 4 heteroatoms. The van der Waals surface area contributed by atoms with Crippen molar-refractivity contribution in [2.45, 2.75) is 6.04 Å². The molecule has 0 saturated carbocycles. The lowest BCUT2D eigenvalue weighted by molar-refractivity contribution is 0.666. The van der Waals surface area contributed by atoms with E-state index in [2.05, 4.69) is 5.43 Å². The largest absolute Gasteiger partial charge is 0.270 e. The summed E-state index contributed by atoms with van der Waals surface area (Å²) in [4.78, 5) is 0. The van der Waals surface area contributed by atoms with Gasteiger partial charge in [-0.3, -0.25) is 5.84 Å². The van der Waals surface area contributed by atoms with Crippen LogP contribution < -0.4 is 11.3 Å². The van der Waals surface area contributed by atoms with Gasteiger partial charge in [0.2, 0.25) is 0 Å². The smallest absolute Gasteiger partial charge is 0.133 e. The van der Waals surface area contributed by atoms with Gasteiger partial charge in [0.05, 0.1) is 6.07 Å². The average Bonchev–Trinajstić information content (AvgIpc) is 2.10. The monoisotopic (exact) mass is 181 g/mol. The van der Waals surface area contributed by atoms with E-state index < -0.39 is 6.04 Å². The van der Waals surface area contributed by atoms with Gasteiger partial charge in [-0.2, -0.15) is 5.26 Å². The number of rotatable bonds is 2. The summed E-state index contributed by atoms with van der Waals surface area (Å²) in [5, 5.41) is 9.27. The van der Waals surface area contributed by atoms with Crippen LogP contribution in [0.3, 0.4) is 0 Å². The molecule has 0 heterocycles. The number of hydrogen-bond acceptors (Lipinski definition) is 3. The van der Waals surface area contributed by atoms with E-state index in [0.29, 0.717) is 5.02 Å². The summed E-state index contributed by atoms with van der Waals surface area (Å²) < 4.78 is 0. The third-order valence-corrected chi connectivity index (χ3v) is 1.75. The van der Waals surface area contributed by atoms with E-state index in [-0.39, 0.29) is 0 Å². The van der Waals surface area contributed by atoms with E-state index in [4.69, 9.17) is 22.7 Å². The molecule has 3 nitrogen and oxygen atoms in total. The van der Waals surface area contributed by atoms with Crippen molar-refractivity contribution < 1.29 is 0 Å². The fourth-order valence-electron chi connectivity index (χ4n) is 0.863. The van der Waals surface area contributed by atoms with Crippen LogP contribution in [0, 0.1) is 11.3 Å². The zero-order valence-electron chi connectivity index (χ0n) is 6.29. The van der Waals surface area contributed by atoms with Crippen LogP contribution in [0.2, 0.25) is 5.02 Å². The highest BCUT2D eigenvalue weighted by Gasteiger charge is 2.05. The lowest BCUT2D eigenvalue weighted by Gasteiger charge is -2.06. The zero-order chi connectivity index (χ0) is 8.97. The van der Waals surface area contributed by atoms with E-state index in [9.17, 15) is 0 Å². The summed E-state index contributed by atoms with van der Waals surface area (Å²) in [6.45, 7) is 0. The molecular weight excluding hydrogens is 174 g/mol. The fraction of sp³-hybridized carbons (Fsp3) is 0.125. The van der Waals surface area contributed by atoms with Crippen molar-refractivity contribution in [1.29, 1.82) is 5.26 Å². The summed E-state index contributed by atoms with van der Waals surface area (Å²) >= 11 is 5.67. The SMILES string of the molecule is N#CC(NN)c1ccc(Cl)cc1. The number of hydrogen-bond donors (Lipinski definition) is 2. The van der Waals surface area contributed by atoms with Gasteiger partial charge in [-0.25, -0.2) is 5.43 Å². The first-order valence-electron chi connectivity index (χ1n) is 3.39. The number of benzene rings is 1. The summed E-state index contributed by atoms with van der Waals surface area (Å²) in [5.41, 5.74) is 3.19. The second-order valence-corrected chi connectivity index (χ2v) is 2.72. The third kappa shape index (κ3) is 1.95. The van der Waals surface area contributed by atoms with E-state index in [0.717, 1.165) is 5.56 Å². The molecule has 1 unspecified atom stereocenters. The zero-order valence-corrected chi connectivity index (χ0v) is 7.05. The van der Waals surface area contributed by atoms with E-state index in [1.165, 1.54) is 0 Å². The summed E-state index contributed by atoms with van der Waals surface area (Å²) in [6, 6.07) is 8.50. The van der Waals surface area contributed by atoms with Crippen molar-refractivity contribution in [3.05, 3.63) is 34.9 Å². The molecule has 0 fully saturated rings. The van der Waals surface area contributed by atoms with Crippen molar-refractivity contribution in [2.24, 2.45) is 5.84 Å². The first-order chi connectivity index (χ1) is 5.77. The molecule has 0 aliphatic carbocycles. The minimum Gasteiger partial charge on any atom is -0.270 e. The number of hydrazine groups is 1. The van der Waals surface area contributed by atoms with Crippen LogP contribution in [-0.4, -0.2) is 0 Å². The van der Waals surface area contributed by atoms with Crippen LogP contribution in [0.15, 0.2) is 24.3 Å². The normalized spacial score (nSPS) is 12.1. The molecule has 3 N–H and O–H groups in total. The Kier molecular flexibility index (Phi) is 3.06. The molecule has 0 bridgehead atoms. The van der Waals surface area contributed by atoms with Crippen molar-refractivity contribution >= 4 is 11.6 Å². The molecule has 0 aromatic heterocycles. The number of nitrogens with two attached hydrogens (primary N) is 1. The number of halogens is 1. The molecular formula is C8H8ClN3. The summed E-state index contributed by atoms with van der Waals surface area (Å²) in [6.07, 6.45) is 0. The summed E-state index contributed by atoms with van der Waals surface area (Å²) in [7, 11) is 0. The first-order valence-corrected chi connectivity index (χ1v) is 3.77. The van der Waals surface area contributed by atoms with Gasteiger partial charge in [0.25, 0.3) is 0 Å².